The Hall–Kier alpha value is -1.34. The van der Waals surface area contributed by atoms with E-state index in [4.69, 9.17) is 0 Å². The van der Waals surface area contributed by atoms with Crippen molar-refractivity contribution in [3.8, 4) is 6.07 Å². The maximum Gasteiger partial charge on any atom is 0.314 e. The fraction of sp³-hybridized carbons (Fsp3) is 0.111. The lowest BCUT2D eigenvalue weighted by atomic mass is 10.3. The number of fused-ring (bicyclic) bond motifs is 1. The van der Waals surface area contributed by atoms with Crippen molar-refractivity contribution >= 4 is 21.4 Å². The monoisotopic (exact) mass is 236 g/mol. The van der Waals surface area contributed by atoms with Gasteiger partial charge in [0.25, 0.3) is 7.05 Å². The first kappa shape index (κ1) is 8.27. The van der Waals surface area contributed by atoms with Crippen molar-refractivity contribution in [3.05, 3.63) is 39.4 Å². The SMILES string of the molecule is C[N+]#Cc1cnn2cc(Br)ccc12. The van der Waals surface area contributed by atoms with Crippen LogP contribution in [-0.2, 0) is 0 Å². The van der Waals surface area contributed by atoms with Crippen LogP contribution in [0.4, 0.5) is 0 Å². The number of rotatable bonds is 0. The fourth-order valence-electron chi connectivity index (χ4n) is 1.17. The molecular weight excluding hydrogens is 230 g/mol. The van der Waals surface area contributed by atoms with Crippen molar-refractivity contribution in [2.24, 2.45) is 0 Å². The summed E-state index contributed by atoms with van der Waals surface area (Å²) in [5.74, 6) is 0. The maximum atomic E-state index is 4.16. The van der Waals surface area contributed by atoms with Crippen molar-refractivity contribution in [3.63, 3.8) is 0 Å². The molecule has 0 saturated heterocycles. The molecule has 13 heavy (non-hydrogen) atoms. The van der Waals surface area contributed by atoms with Crippen LogP contribution in [0.5, 0.6) is 0 Å². The minimum absolute atomic E-state index is 0.912. The summed E-state index contributed by atoms with van der Waals surface area (Å²) in [5, 5.41) is 4.16. The predicted octanol–water partition coefficient (Wildman–Crippen LogP) is 2.41. The summed E-state index contributed by atoms with van der Waals surface area (Å²) >= 11 is 3.38. The lowest BCUT2D eigenvalue weighted by Gasteiger charge is -1.92. The second-order valence-electron chi connectivity index (χ2n) is 2.57. The van der Waals surface area contributed by atoms with Crippen LogP contribution in [0, 0.1) is 6.07 Å². The van der Waals surface area contributed by atoms with Crippen LogP contribution in [0.1, 0.15) is 5.56 Å². The zero-order valence-corrected chi connectivity index (χ0v) is 8.62. The molecule has 3 nitrogen and oxygen atoms in total. The van der Waals surface area contributed by atoms with E-state index in [9.17, 15) is 0 Å². The number of pyridine rings is 1. The Morgan fingerprint density at radius 1 is 1.54 bits per heavy atom. The van der Waals surface area contributed by atoms with E-state index < -0.39 is 0 Å². The highest BCUT2D eigenvalue weighted by atomic mass is 79.9. The molecule has 2 rings (SSSR count). The molecule has 0 aliphatic rings. The van der Waals surface area contributed by atoms with Crippen LogP contribution in [-0.4, -0.2) is 16.7 Å². The summed E-state index contributed by atoms with van der Waals surface area (Å²) in [6.07, 6.45) is 3.64. The third-order valence-corrected chi connectivity index (χ3v) is 2.18. The third-order valence-electron chi connectivity index (χ3n) is 1.71. The Morgan fingerprint density at radius 3 is 3.15 bits per heavy atom. The van der Waals surface area contributed by atoms with Gasteiger partial charge in [0.2, 0.25) is 0 Å². The third kappa shape index (κ3) is 1.43. The van der Waals surface area contributed by atoms with E-state index in [0.717, 1.165) is 15.6 Å². The molecule has 0 amide bonds. The number of aromatic nitrogens is 2. The molecule has 64 valence electrons. The fourth-order valence-corrected chi connectivity index (χ4v) is 1.49. The van der Waals surface area contributed by atoms with Crippen molar-refractivity contribution in [1.29, 1.82) is 0 Å². The van der Waals surface area contributed by atoms with Crippen LogP contribution in [0.2, 0.25) is 0 Å². The van der Waals surface area contributed by atoms with Crippen LogP contribution >= 0.6 is 15.9 Å². The maximum absolute atomic E-state index is 4.16. The summed E-state index contributed by atoms with van der Waals surface area (Å²) in [6, 6.07) is 6.82. The van der Waals surface area contributed by atoms with Gasteiger partial charge in [0.05, 0.1) is 11.7 Å². The van der Waals surface area contributed by atoms with Crippen LogP contribution in [0.3, 0.4) is 0 Å². The van der Waals surface area contributed by atoms with Crippen LogP contribution in [0.15, 0.2) is 29.0 Å². The van der Waals surface area contributed by atoms with E-state index in [0.29, 0.717) is 0 Å². The molecular formula is C9H7BrN3+. The number of nitrogens with zero attached hydrogens (tertiary/aromatic N) is 3. The second kappa shape index (κ2) is 3.19. The van der Waals surface area contributed by atoms with E-state index >= 15 is 0 Å². The van der Waals surface area contributed by atoms with E-state index in [1.165, 1.54) is 0 Å². The molecule has 2 aromatic rings. The lowest BCUT2D eigenvalue weighted by molar-refractivity contribution is 0.956. The van der Waals surface area contributed by atoms with Gasteiger partial charge in [-0.1, -0.05) is 4.85 Å². The molecule has 0 N–H and O–H groups in total. The topological polar surface area (TPSA) is 21.7 Å². The van der Waals surface area contributed by atoms with Crippen molar-refractivity contribution < 1.29 is 0 Å². The van der Waals surface area contributed by atoms with E-state index in [2.05, 4.69) is 31.9 Å². The van der Waals surface area contributed by atoms with Crippen molar-refractivity contribution in [2.75, 3.05) is 7.05 Å². The van der Waals surface area contributed by atoms with Crippen LogP contribution < -0.4 is 0 Å². The smallest absolute Gasteiger partial charge is 0.238 e. The molecule has 0 aliphatic heterocycles. The first-order valence-corrected chi connectivity index (χ1v) is 4.58. The first-order valence-electron chi connectivity index (χ1n) is 3.79. The average molecular weight is 237 g/mol. The minimum atomic E-state index is 0.912. The molecule has 0 unspecified atom stereocenters. The van der Waals surface area contributed by atoms with E-state index in [-0.39, 0.29) is 0 Å². The number of halogens is 1. The van der Waals surface area contributed by atoms with Gasteiger partial charge >= 0.3 is 6.07 Å². The molecule has 4 heteroatoms. The Balaban J connectivity index is 2.73. The zero-order chi connectivity index (χ0) is 9.26. The summed E-state index contributed by atoms with van der Waals surface area (Å²) in [4.78, 5) is 3.84. The van der Waals surface area contributed by atoms with Crippen LogP contribution in [0.25, 0.3) is 10.4 Å². The van der Waals surface area contributed by atoms with Gasteiger partial charge in [0.1, 0.15) is 5.56 Å². The molecule has 0 atom stereocenters. The van der Waals surface area contributed by atoms with Gasteiger partial charge in [0, 0.05) is 10.7 Å². The summed E-state index contributed by atoms with van der Waals surface area (Å²) in [7, 11) is 1.70. The van der Waals surface area contributed by atoms with Crippen molar-refractivity contribution in [1.82, 2.24) is 9.61 Å². The number of hydrogen-bond donors (Lipinski definition) is 0. The minimum Gasteiger partial charge on any atom is -0.238 e. The molecule has 2 heterocycles. The Labute approximate surface area is 83.9 Å². The zero-order valence-electron chi connectivity index (χ0n) is 7.03. The average Bonchev–Trinajstić information content (AvgIpc) is 2.49. The lowest BCUT2D eigenvalue weighted by Crippen LogP contribution is -1.84. The summed E-state index contributed by atoms with van der Waals surface area (Å²) in [5.41, 5.74) is 1.92. The predicted molar refractivity (Wildman–Crippen MR) is 55.2 cm³/mol. The molecule has 0 radical (unpaired) electrons. The molecule has 0 aromatic carbocycles. The molecule has 0 fully saturated rings. The second-order valence-corrected chi connectivity index (χ2v) is 3.49. The molecule has 0 aliphatic carbocycles. The van der Waals surface area contributed by atoms with Gasteiger partial charge < -0.3 is 0 Å². The van der Waals surface area contributed by atoms with E-state index in [1.54, 1.807) is 17.8 Å². The highest BCUT2D eigenvalue weighted by Gasteiger charge is 2.05. The van der Waals surface area contributed by atoms with Gasteiger partial charge in [-0.3, -0.25) is 0 Å². The summed E-state index contributed by atoms with van der Waals surface area (Å²) in [6.45, 7) is 0. The Morgan fingerprint density at radius 2 is 2.38 bits per heavy atom. The highest BCUT2D eigenvalue weighted by molar-refractivity contribution is 9.10. The first-order chi connectivity index (χ1) is 6.31. The molecule has 2 aromatic heterocycles. The van der Waals surface area contributed by atoms with Gasteiger partial charge in [-0.2, -0.15) is 5.10 Å². The van der Waals surface area contributed by atoms with Gasteiger partial charge in [0.15, 0.2) is 0 Å². The number of hydrogen-bond acceptors (Lipinski definition) is 1. The molecule has 0 spiro atoms. The quantitative estimate of drug-likeness (QED) is 0.689. The molecule has 0 bridgehead atoms. The standard InChI is InChI=1S/C9H7BrN3/c1-11-4-7-5-12-13-6-8(10)2-3-9(7)13/h2-3,5-6H,1H3/q+1. The normalized spacial score (nSPS) is 9.69. The van der Waals surface area contributed by atoms with Gasteiger partial charge in [-0.05, 0) is 28.1 Å². The highest BCUT2D eigenvalue weighted by Crippen LogP contribution is 2.14. The summed E-state index contributed by atoms with van der Waals surface area (Å²) < 4.78 is 2.79. The Bertz CT molecular complexity index is 504. The van der Waals surface area contributed by atoms with E-state index in [1.807, 2.05) is 18.3 Å². The van der Waals surface area contributed by atoms with Gasteiger partial charge in [-0.15, -0.1) is 0 Å². The molecule has 0 saturated carbocycles. The largest absolute Gasteiger partial charge is 0.314 e. The van der Waals surface area contributed by atoms with Crippen molar-refractivity contribution in [2.45, 2.75) is 0 Å². The van der Waals surface area contributed by atoms with Gasteiger partial charge in [-0.25, -0.2) is 4.52 Å². The Kier molecular flexibility index (Phi) is 2.03.